The number of halogens is 2. The minimum absolute atomic E-state index is 0.387. The summed E-state index contributed by atoms with van der Waals surface area (Å²) in [6.07, 6.45) is 0. The number of hydrogen-bond acceptors (Lipinski definition) is 2. The van der Waals surface area contributed by atoms with Gasteiger partial charge in [-0.3, -0.25) is 4.98 Å². The normalized spacial score (nSPS) is 11.2. The molecular weight excluding hydrogens is 338 g/mol. The van der Waals surface area contributed by atoms with Crippen LogP contribution in [0.15, 0.2) is 40.9 Å². The molecule has 3 rings (SSSR count). The van der Waals surface area contributed by atoms with Crippen molar-refractivity contribution in [2.75, 3.05) is 0 Å². The maximum atomic E-state index is 6.03. The SMILES string of the molecule is Cc1cccc(Cn2c(CCl)nc3ccc(Br)cc32)n1. The van der Waals surface area contributed by atoms with Crippen LogP contribution in [0, 0.1) is 6.92 Å². The molecule has 0 radical (unpaired) electrons. The predicted octanol–water partition coefficient (Wildman–Crippen LogP) is 4.29. The Bertz CT molecular complexity index is 767. The predicted molar refractivity (Wildman–Crippen MR) is 85.1 cm³/mol. The minimum Gasteiger partial charge on any atom is -0.321 e. The first kappa shape index (κ1) is 13.6. The van der Waals surface area contributed by atoms with Crippen LogP contribution in [0.2, 0.25) is 0 Å². The van der Waals surface area contributed by atoms with Gasteiger partial charge in [0.15, 0.2) is 0 Å². The topological polar surface area (TPSA) is 30.7 Å². The molecule has 2 heterocycles. The molecule has 0 unspecified atom stereocenters. The second-order valence-electron chi connectivity index (χ2n) is 4.65. The van der Waals surface area contributed by atoms with Gasteiger partial charge in [0.05, 0.1) is 29.2 Å². The number of aromatic nitrogens is 3. The molecule has 0 saturated carbocycles. The van der Waals surface area contributed by atoms with Gasteiger partial charge in [0, 0.05) is 10.2 Å². The molecule has 0 atom stereocenters. The van der Waals surface area contributed by atoms with E-state index in [4.69, 9.17) is 11.6 Å². The van der Waals surface area contributed by atoms with Crippen LogP contribution >= 0.6 is 27.5 Å². The van der Waals surface area contributed by atoms with E-state index in [2.05, 4.69) is 36.5 Å². The summed E-state index contributed by atoms with van der Waals surface area (Å²) in [7, 11) is 0. The summed E-state index contributed by atoms with van der Waals surface area (Å²) in [5.74, 6) is 1.25. The van der Waals surface area contributed by atoms with Gasteiger partial charge in [-0.25, -0.2) is 4.98 Å². The molecule has 0 spiro atoms. The highest BCUT2D eigenvalue weighted by molar-refractivity contribution is 9.10. The average molecular weight is 351 g/mol. The van der Waals surface area contributed by atoms with Crippen LogP contribution in [0.25, 0.3) is 11.0 Å². The van der Waals surface area contributed by atoms with Crippen LogP contribution in [-0.4, -0.2) is 14.5 Å². The molecule has 2 aromatic heterocycles. The molecule has 0 saturated heterocycles. The summed E-state index contributed by atoms with van der Waals surface area (Å²) in [6.45, 7) is 2.67. The lowest BCUT2D eigenvalue weighted by molar-refractivity contribution is 0.755. The first-order valence-electron chi connectivity index (χ1n) is 6.30. The molecule has 3 aromatic rings. The van der Waals surface area contributed by atoms with Crippen molar-refractivity contribution in [3.05, 3.63) is 58.1 Å². The van der Waals surface area contributed by atoms with Crippen LogP contribution in [-0.2, 0) is 12.4 Å². The third-order valence-corrected chi connectivity index (χ3v) is 3.91. The lowest BCUT2D eigenvalue weighted by Crippen LogP contribution is -2.05. The van der Waals surface area contributed by atoms with E-state index in [1.807, 2.05) is 37.3 Å². The Labute approximate surface area is 130 Å². The second-order valence-corrected chi connectivity index (χ2v) is 5.83. The molecule has 5 heteroatoms. The van der Waals surface area contributed by atoms with Gasteiger partial charge in [0.25, 0.3) is 0 Å². The van der Waals surface area contributed by atoms with E-state index in [1.165, 1.54) is 0 Å². The lowest BCUT2D eigenvalue weighted by Gasteiger charge is -2.08. The van der Waals surface area contributed by atoms with Crippen molar-refractivity contribution in [2.45, 2.75) is 19.3 Å². The summed E-state index contributed by atoms with van der Waals surface area (Å²) in [5.41, 5.74) is 4.05. The number of nitrogens with zero attached hydrogens (tertiary/aromatic N) is 3. The largest absolute Gasteiger partial charge is 0.321 e. The summed E-state index contributed by atoms with van der Waals surface area (Å²) in [6, 6.07) is 12.1. The maximum absolute atomic E-state index is 6.03. The Hall–Kier alpha value is -1.39. The Morgan fingerprint density at radius 2 is 2.05 bits per heavy atom. The van der Waals surface area contributed by atoms with Gasteiger partial charge in [0.2, 0.25) is 0 Å². The van der Waals surface area contributed by atoms with Gasteiger partial charge in [-0.2, -0.15) is 0 Å². The third kappa shape index (κ3) is 2.58. The van der Waals surface area contributed by atoms with Crippen molar-refractivity contribution >= 4 is 38.6 Å². The Morgan fingerprint density at radius 3 is 2.80 bits per heavy atom. The molecule has 0 aliphatic carbocycles. The molecular formula is C15H13BrClN3. The summed E-state index contributed by atoms with van der Waals surface area (Å²) < 4.78 is 3.15. The fraction of sp³-hybridized carbons (Fsp3) is 0.200. The quantitative estimate of drug-likeness (QED) is 0.660. The molecule has 0 aliphatic heterocycles. The molecule has 1 aromatic carbocycles. The molecule has 0 bridgehead atoms. The van der Waals surface area contributed by atoms with Crippen molar-refractivity contribution in [3.63, 3.8) is 0 Å². The number of alkyl halides is 1. The van der Waals surface area contributed by atoms with Crippen LogP contribution in [0.4, 0.5) is 0 Å². The van der Waals surface area contributed by atoms with E-state index >= 15 is 0 Å². The van der Waals surface area contributed by atoms with E-state index in [1.54, 1.807) is 0 Å². The highest BCUT2D eigenvalue weighted by Gasteiger charge is 2.11. The fourth-order valence-electron chi connectivity index (χ4n) is 2.27. The van der Waals surface area contributed by atoms with Crippen LogP contribution < -0.4 is 0 Å². The van der Waals surface area contributed by atoms with E-state index < -0.39 is 0 Å². The van der Waals surface area contributed by atoms with Crippen molar-refractivity contribution < 1.29 is 0 Å². The minimum atomic E-state index is 0.387. The monoisotopic (exact) mass is 349 g/mol. The molecule has 0 N–H and O–H groups in total. The average Bonchev–Trinajstić information content (AvgIpc) is 2.76. The van der Waals surface area contributed by atoms with Crippen LogP contribution in [0.1, 0.15) is 17.2 Å². The molecule has 0 fully saturated rings. The number of pyridine rings is 1. The number of imidazole rings is 1. The van der Waals surface area contributed by atoms with Gasteiger partial charge >= 0.3 is 0 Å². The van der Waals surface area contributed by atoms with Gasteiger partial charge in [-0.1, -0.05) is 22.0 Å². The van der Waals surface area contributed by atoms with Crippen molar-refractivity contribution in [3.8, 4) is 0 Å². The summed E-state index contributed by atoms with van der Waals surface area (Å²) >= 11 is 9.53. The number of rotatable bonds is 3. The third-order valence-electron chi connectivity index (χ3n) is 3.17. The number of benzene rings is 1. The molecule has 0 aliphatic rings. The van der Waals surface area contributed by atoms with Crippen molar-refractivity contribution in [2.24, 2.45) is 0 Å². The molecule has 0 amide bonds. The van der Waals surface area contributed by atoms with E-state index in [0.29, 0.717) is 12.4 Å². The van der Waals surface area contributed by atoms with Crippen molar-refractivity contribution in [1.82, 2.24) is 14.5 Å². The standard InChI is InChI=1S/C15H13BrClN3/c1-10-3-2-4-12(18-10)9-20-14-7-11(16)5-6-13(14)19-15(20)8-17/h2-7H,8-9H2,1H3. The first-order chi connectivity index (χ1) is 9.67. The fourth-order valence-corrected chi connectivity index (χ4v) is 2.83. The van der Waals surface area contributed by atoms with Gasteiger partial charge in [0.1, 0.15) is 5.82 Å². The molecule has 102 valence electrons. The number of hydrogen-bond donors (Lipinski definition) is 0. The van der Waals surface area contributed by atoms with E-state index in [0.717, 1.165) is 32.7 Å². The van der Waals surface area contributed by atoms with Gasteiger partial charge in [-0.05, 0) is 37.3 Å². The van der Waals surface area contributed by atoms with Crippen LogP contribution in [0.3, 0.4) is 0 Å². The number of aryl methyl sites for hydroxylation is 1. The second kappa shape index (κ2) is 5.54. The van der Waals surface area contributed by atoms with E-state index in [9.17, 15) is 0 Å². The Balaban J connectivity index is 2.11. The van der Waals surface area contributed by atoms with Crippen molar-refractivity contribution in [1.29, 1.82) is 0 Å². The van der Waals surface area contributed by atoms with Gasteiger partial charge < -0.3 is 4.57 Å². The Kier molecular flexibility index (Phi) is 3.76. The maximum Gasteiger partial charge on any atom is 0.125 e. The Morgan fingerprint density at radius 1 is 1.20 bits per heavy atom. The first-order valence-corrected chi connectivity index (χ1v) is 7.63. The zero-order valence-electron chi connectivity index (χ0n) is 11.0. The molecule has 20 heavy (non-hydrogen) atoms. The highest BCUT2D eigenvalue weighted by Crippen LogP contribution is 2.22. The molecule has 3 nitrogen and oxygen atoms in total. The lowest BCUT2D eigenvalue weighted by atomic mass is 10.3. The van der Waals surface area contributed by atoms with Gasteiger partial charge in [-0.15, -0.1) is 11.6 Å². The zero-order valence-corrected chi connectivity index (χ0v) is 13.3. The highest BCUT2D eigenvalue weighted by atomic mass is 79.9. The van der Waals surface area contributed by atoms with Crippen LogP contribution in [0.5, 0.6) is 0 Å². The summed E-state index contributed by atoms with van der Waals surface area (Å²) in [5, 5.41) is 0. The van der Waals surface area contributed by atoms with E-state index in [-0.39, 0.29) is 0 Å². The zero-order chi connectivity index (χ0) is 14.1. The smallest absolute Gasteiger partial charge is 0.125 e. The number of fused-ring (bicyclic) bond motifs is 1. The summed E-state index contributed by atoms with van der Waals surface area (Å²) in [4.78, 5) is 9.12.